The largest absolute Gasteiger partial charge is 0.384 e. The van der Waals surface area contributed by atoms with E-state index in [0.29, 0.717) is 12.0 Å². The van der Waals surface area contributed by atoms with Gasteiger partial charge < -0.3 is 5.11 Å². The Morgan fingerprint density at radius 2 is 2.16 bits per heavy atom. The lowest BCUT2D eigenvalue weighted by molar-refractivity contribution is 0.350. The SMILES string of the molecule is CCCNS(=O)(=O)Nc1ccc(C#CCO)cc1F. The molecule has 1 aromatic carbocycles. The monoisotopic (exact) mass is 286 g/mol. The van der Waals surface area contributed by atoms with Crippen molar-refractivity contribution in [2.75, 3.05) is 17.9 Å². The first-order valence-corrected chi connectivity index (χ1v) is 7.13. The van der Waals surface area contributed by atoms with Crippen molar-refractivity contribution in [3.8, 4) is 11.8 Å². The number of nitrogens with one attached hydrogen (secondary N) is 2. The number of hydrogen-bond donors (Lipinski definition) is 3. The summed E-state index contributed by atoms with van der Waals surface area (Å²) in [4.78, 5) is 0. The van der Waals surface area contributed by atoms with Crippen LogP contribution in [-0.2, 0) is 10.2 Å². The number of hydrogen-bond acceptors (Lipinski definition) is 3. The summed E-state index contributed by atoms with van der Waals surface area (Å²) in [6, 6.07) is 3.84. The van der Waals surface area contributed by atoms with Crippen LogP contribution in [0.5, 0.6) is 0 Å². The highest BCUT2D eigenvalue weighted by Crippen LogP contribution is 2.16. The zero-order valence-electron chi connectivity index (χ0n) is 10.4. The normalized spacial score (nSPS) is 10.7. The summed E-state index contributed by atoms with van der Waals surface area (Å²) in [6.07, 6.45) is 0.638. The Bertz CT molecular complexity index is 591. The van der Waals surface area contributed by atoms with Gasteiger partial charge in [-0.05, 0) is 24.6 Å². The second-order valence-electron chi connectivity index (χ2n) is 3.65. The van der Waals surface area contributed by atoms with Gasteiger partial charge in [-0.25, -0.2) is 4.39 Å². The molecule has 0 heterocycles. The van der Waals surface area contributed by atoms with Crippen molar-refractivity contribution in [1.82, 2.24) is 4.72 Å². The number of halogens is 1. The van der Waals surface area contributed by atoms with E-state index in [1.807, 2.05) is 6.92 Å². The summed E-state index contributed by atoms with van der Waals surface area (Å²) in [7, 11) is -3.77. The molecule has 0 aliphatic heterocycles. The summed E-state index contributed by atoms with van der Waals surface area (Å²) >= 11 is 0. The van der Waals surface area contributed by atoms with Crippen LogP contribution >= 0.6 is 0 Å². The van der Waals surface area contributed by atoms with Crippen LogP contribution < -0.4 is 9.44 Å². The van der Waals surface area contributed by atoms with Gasteiger partial charge in [0.1, 0.15) is 12.4 Å². The number of aliphatic hydroxyl groups is 1. The summed E-state index contributed by atoms with van der Waals surface area (Å²) in [6.45, 7) is 1.77. The van der Waals surface area contributed by atoms with E-state index < -0.39 is 16.0 Å². The second kappa shape index (κ2) is 7.09. The molecule has 0 aliphatic rings. The van der Waals surface area contributed by atoms with E-state index in [2.05, 4.69) is 21.3 Å². The molecule has 1 rings (SSSR count). The minimum absolute atomic E-state index is 0.154. The average molecular weight is 286 g/mol. The Balaban J connectivity index is 2.86. The molecule has 0 amide bonds. The molecule has 104 valence electrons. The molecule has 1 aromatic rings. The highest BCUT2D eigenvalue weighted by Gasteiger charge is 2.11. The first-order chi connectivity index (χ1) is 8.98. The fourth-order valence-corrected chi connectivity index (χ4v) is 2.23. The number of aliphatic hydroxyl groups excluding tert-OH is 1. The lowest BCUT2D eigenvalue weighted by atomic mass is 10.2. The minimum atomic E-state index is -3.77. The Morgan fingerprint density at radius 1 is 1.42 bits per heavy atom. The maximum Gasteiger partial charge on any atom is 0.299 e. The zero-order chi connectivity index (χ0) is 14.3. The van der Waals surface area contributed by atoms with Gasteiger partial charge in [-0.1, -0.05) is 18.8 Å². The predicted octanol–water partition coefficient (Wildman–Crippen LogP) is 0.826. The summed E-state index contributed by atoms with van der Waals surface area (Å²) in [5, 5.41) is 8.52. The van der Waals surface area contributed by atoms with Crippen LogP contribution in [0.25, 0.3) is 0 Å². The van der Waals surface area contributed by atoms with Crippen molar-refractivity contribution in [2.24, 2.45) is 0 Å². The van der Waals surface area contributed by atoms with Crippen molar-refractivity contribution in [3.63, 3.8) is 0 Å². The fourth-order valence-electron chi connectivity index (χ4n) is 1.23. The van der Waals surface area contributed by atoms with Gasteiger partial charge in [0.15, 0.2) is 0 Å². The van der Waals surface area contributed by atoms with Gasteiger partial charge in [-0.2, -0.15) is 13.1 Å². The van der Waals surface area contributed by atoms with Crippen molar-refractivity contribution in [3.05, 3.63) is 29.6 Å². The fraction of sp³-hybridized carbons (Fsp3) is 0.333. The standard InChI is InChI=1S/C12H15FN2O3S/c1-2-7-14-19(17,18)15-12-6-5-10(4-3-8-16)9-11(12)13/h5-6,9,14-16H,2,7-8H2,1H3. The lowest BCUT2D eigenvalue weighted by Crippen LogP contribution is -2.30. The van der Waals surface area contributed by atoms with Crippen molar-refractivity contribution >= 4 is 15.9 Å². The van der Waals surface area contributed by atoms with Crippen LogP contribution in [0.1, 0.15) is 18.9 Å². The van der Waals surface area contributed by atoms with Gasteiger partial charge >= 0.3 is 0 Å². The Hall–Kier alpha value is -1.62. The maximum atomic E-state index is 13.6. The van der Waals surface area contributed by atoms with Crippen molar-refractivity contribution < 1.29 is 17.9 Å². The third-order valence-electron chi connectivity index (χ3n) is 2.07. The van der Waals surface area contributed by atoms with Crippen LogP contribution in [0.2, 0.25) is 0 Å². The molecule has 0 atom stereocenters. The highest BCUT2D eigenvalue weighted by atomic mass is 32.2. The molecule has 0 saturated carbocycles. The number of rotatable bonds is 5. The smallest absolute Gasteiger partial charge is 0.299 e. The van der Waals surface area contributed by atoms with E-state index >= 15 is 0 Å². The first kappa shape index (κ1) is 15.4. The van der Waals surface area contributed by atoms with Crippen molar-refractivity contribution in [2.45, 2.75) is 13.3 Å². The average Bonchev–Trinajstić information content (AvgIpc) is 2.37. The van der Waals surface area contributed by atoms with Gasteiger partial charge in [0, 0.05) is 12.1 Å². The molecule has 0 fully saturated rings. The lowest BCUT2D eigenvalue weighted by Gasteiger charge is -2.09. The number of benzene rings is 1. The molecular weight excluding hydrogens is 271 g/mol. The second-order valence-corrected chi connectivity index (χ2v) is 5.15. The summed E-state index contributed by atoms with van der Waals surface area (Å²) < 4.78 is 41.0. The third kappa shape index (κ3) is 5.26. The molecule has 3 N–H and O–H groups in total. The summed E-state index contributed by atoms with van der Waals surface area (Å²) in [5.41, 5.74) is 0.203. The summed E-state index contributed by atoms with van der Waals surface area (Å²) in [5.74, 6) is 4.17. The Morgan fingerprint density at radius 3 is 2.74 bits per heavy atom. The third-order valence-corrected chi connectivity index (χ3v) is 3.14. The molecule has 7 heteroatoms. The van der Waals surface area contributed by atoms with E-state index in [1.54, 1.807) is 0 Å². The molecule has 0 aromatic heterocycles. The van der Waals surface area contributed by atoms with Crippen LogP contribution in [0, 0.1) is 17.7 Å². The quantitative estimate of drug-likeness (QED) is 0.701. The maximum absolute atomic E-state index is 13.6. The first-order valence-electron chi connectivity index (χ1n) is 5.65. The molecule has 0 aliphatic carbocycles. The zero-order valence-corrected chi connectivity index (χ0v) is 11.2. The van der Waals surface area contributed by atoms with Crippen LogP contribution in [0.4, 0.5) is 10.1 Å². The molecule has 0 bridgehead atoms. The van der Waals surface area contributed by atoms with E-state index in [-0.39, 0.29) is 18.8 Å². The van der Waals surface area contributed by atoms with Crippen molar-refractivity contribution in [1.29, 1.82) is 0 Å². The predicted molar refractivity (Wildman–Crippen MR) is 71.2 cm³/mol. The topological polar surface area (TPSA) is 78.4 Å². The van der Waals surface area contributed by atoms with E-state index in [9.17, 15) is 12.8 Å². The van der Waals surface area contributed by atoms with Gasteiger partial charge in [0.25, 0.3) is 10.2 Å². The van der Waals surface area contributed by atoms with Gasteiger partial charge in [-0.3, -0.25) is 4.72 Å². The minimum Gasteiger partial charge on any atom is -0.384 e. The number of anilines is 1. The molecule has 0 unspecified atom stereocenters. The molecule has 19 heavy (non-hydrogen) atoms. The van der Waals surface area contributed by atoms with E-state index in [0.717, 1.165) is 6.07 Å². The van der Waals surface area contributed by atoms with Gasteiger partial charge in [-0.15, -0.1) is 0 Å². The molecule has 0 radical (unpaired) electrons. The molecule has 5 nitrogen and oxygen atoms in total. The van der Waals surface area contributed by atoms with Crippen LogP contribution in [0.3, 0.4) is 0 Å². The molecular formula is C12H15FN2O3S. The Labute approximate surface area is 112 Å². The van der Waals surface area contributed by atoms with Gasteiger partial charge in [0.2, 0.25) is 0 Å². The van der Waals surface area contributed by atoms with Crippen LogP contribution in [-0.4, -0.2) is 26.7 Å². The Kier molecular flexibility index (Phi) is 5.76. The van der Waals surface area contributed by atoms with Gasteiger partial charge in [0.05, 0.1) is 5.69 Å². The van der Waals surface area contributed by atoms with E-state index in [4.69, 9.17) is 5.11 Å². The van der Waals surface area contributed by atoms with E-state index in [1.165, 1.54) is 12.1 Å². The highest BCUT2D eigenvalue weighted by molar-refractivity contribution is 7.90. The van der Waals surface area contributed by atoms with Crippen LogP contribution in [0.15, 0.2) is 18.2 Å². The molecule has 0 saturated heterocycles. The molecule has 0 spiro atoms.